The van der Waals surface area contributed by atoms with Crippen LogP contribution < -0.4 is 10.6 Å². The van der Waals surface area contributed by atoms with Crippen molar-refractivity contribution >= 4 is 12.0 Å². The minimum atomic E-state index is -0.487. The van der Waals surface area contributed by atoms with E-state index in [1.165, 1.54) is 0 Å². The zero-order valence-electron chi connectivity index (χ0n) is 10.7. The van der Waals surface area contributed by atoms with Crippen molar-refractivity contribution in [2.24, 2.45) is 0 Å². The first kappa shape index (κ1) is 14.7. The maximum absolute atomic E-state index is 11.4. The van der Waals surface area contributed by atoms with E-state index in [-0.39, 0.29) is 30.5 Å². The fraction of sp³-hybridized carbons (Fsp3) is 0.818. The van der Waals surface area contributed by atoms with Gasteiger partial charge < -0.3 is 15.4 Å². The van der Waals surface area contributed by atoms with Gasteiger partial charge in [-0.1, -0.05) is 0 Å². The maximum atomic E-state index is 11.4. The molecule has 0 atom stereocenters. The minimum Gasteiger partial charge on any atom is -0.447 e. The van der Waals surface area contributed by atoms with Gasteiger partial charge in [0.2, 0.25) is 5.91 Å². The molecule has 0 heterocycles. The van der Waals surface area contributed by atoms with Gasteiger partial charge in [-0.15, -0.1) is 0 Å². The van der Waals surface area contributed by atoms with Crippen LogP contribution in [0.25, 0.3) is 0 Å². The van der Waals surface area contributed by atoms with Crippen LogP contribution in [0.15, 0.2) is 0 Å². The Hall–Kier alpha value is -1.26. The summed E-state index contributed by atoms with van der Waals surface area (Å²) >= 11 is 0. The predicted molar refractivity (Wildman–Crippen MR) is 62.1 cm³/mol. The van der Waals surface area contributed by atoms with Crippen molar-refractivity contribution in [1.82, 2.24) is 10.6 Å². The summed E-state index contributed by atoms with van der Waals surface area (Å²) in [6.45, 7) is 9.55. The van der Waals surface area contributed by atoms with Crippen molar-refractivity contribution in [3.05, 3.63) is 0 Å². The number of rotatable bonds is 4. The molecule has 0 unspecified atom stereocenters. The van der Waals surface area contributed by atoms with Crippen molar-refractivity contribution in [1.29, 1.82) is 0 Å². The number of hydrogen-bond donors (Lipinski definition) is 2. The predicted octanol–water partition coefficient (Wildman–Crippen LogP) is 1.43. The van der Waals surface area contributed by atoms with Crippen molar-refractivity contribution < 1.29 is 14.3 Å². The van der Waals surface area contributed by atoms with Crippen LogP contribution in [0.4, 0.5) is 4.79 Å². The monoisotopic (exact) mass is 230 g/mol. The highest BCUT2D eigenvalue weighted by Gasteiger charge is 2.13. The Bertz CT molecular complexity index is 244. The van der Waals surface area contributed by atoms with E-state index < -0.39 is 6.09 Å². The van der Waals surface area contributed by atoms with Crippen molar-refractivity contribution in [3.63, 3.8) is 0 Å². The van der Waals surface area contributed by atoms with E-state index in [2.05, 4.69) is 10.6 Å². The fourth-order valence-corrected chi connectivity index (χ4v) is 1.01. The number of carbonyl (C=O) groups is 2. The molecule has 2 N–H and O–H groups in total. The largest absolute Gasteiger partial charge is 0.447 e. The van der Waals surface area contributed by atoms with Crippen LogP contribution in [-0.4, -0.2) is 30.2 Å². The molecule has 0 saturated heterocycles. The van der Waals surface area contributed by atoms with Crippen LogP contribution in [0.3, 0.4) is 0 Å². The second-order valence-corrected chi connectivity index (χ2v) is 4.93. The number of amides is 2. The zero-order chi connectivity index (χ0) is 12.8. The van der Waals surface area contributed by atoms with Crippen LogP contribution in [0.1, 0.15) is 41.0 Å². The fourth-order valence-electron chi connectivity index (χ4n) is 1.01. The van der Waals surface area contributed by atoms with E-state index in [1.807, 2.05) is 20.8 Å². The Morgan fingerprint density at radius 1 is 1.25 bits per heavy atom. The third kappa shape index (κ3) is 9.30. The second-order valence-electron chi connectivity index (χ2n) is 4.93. The van der Waals surface area contributed by atoms with Gasteiger partial charge in [-0.2, -0.15) is 0 Å². The van der Waals surface area contributed by atoms with E-state index in [4.69, 9.17) is 4.74 Å². The smallest absolute Gasteiger partial charge is 0.407 e. The van der Waals surface area contributed by atoms with Gasteiger partial charge in [-0.05, 0) is 34.6 Å². The first-order valence-corrected chi connectivity index (χ1v) is 5.46. The Labute approximate surface area is 96.9 Å². The number of nitrogens with one attached hydrogen (secondary N) is 2. The lowest BCUT2D eigenvalue weighted by Gasteiger charge is -2.20. The number of ether oxygens (including phenoxy) is 1. The Kier molecular flexibility index (Phi) is 5.85. The Balaban J connectivity index is 3.66. The van der Waals surface area contributed by atoms with Gasteiger partial charge in [0, 0.05) is 18.5 Å². The molecule has 0 radical (unpaired) electrons. The van der Waals surface area contributed by atoms with Gasteiger partial charge in [0.1, 0.15) is 0 Å². The standard InChI is InChI=1S/C11H22N2O3/c1-8(2)16-10(15)12-7-6-9(14)13-11(3,4)5/h8H,6-7H2,1-5H3,(H,12,15)(H,13,14). The number of alkyl carbamates (subject to hydrolysis) is 1. The lowest BCUT2D eigenvalue weighted by Crippen LogP contribution is -2.42. The number of carbonyl (C=O) groups excluding carboxylic acids is 2. The summed E-state index contributed by atoms with van der Waals surface area (Å²) < 4.78 is 4.85. The molecule has 0 spiro atoms. The van der Waals surface area contributed by atoms with Crippen molar-refractivity contribution in [2.75, 3.05) is 6.54 Å². The van der Waals surface area contributed by atoms with E-state index >= 15 is 0 Å². The number of hydrogen-bond acceptors (Lipinski definition) is 3. The molecule has 0 aromatic carbocycles. The minimum absolute atomic E-state index is 0.0858. The Morgan fingerprint density at radius 2 is 1.81 bits per heavy atom. The summed E-state index contributed by atoms with van der Waals surface area (Å²) in [6.07, 6.45) is -0.383. The lowest BCUT2D eigenvalue weighted by atomic mass is 10.1. The first-order valence-electron chi connectivity index (χ1n) is 5.46. The molecule has 94 valence electrons. The molecule has 0 aromatic heterocycles. The third-order valence-electron chi connectivity index (χ3n) is 1.48. The zero-order valence-corrected chi connectivity index (χ0v) is 10.7. The molecular formula is C11H22N2O3. The first-order chi connectivity index (χ1) is 7.20. The van der Waals surface area contributed by atoms with Crippen LogP contribution in [-0.2, 0) is 9.53 Å². The highest BCUT2D eigenvalue weighted by Crippen LogP contribution is 1.98. The average molecular weight is 230 g/mol. The van der Waals surface area contributed by atoms with Gasteiger partial charge in [0.15, 0.2) is 0 Å². The molecule has 0 rings (SSSR count). The SMILES string of the molecule is CC(C)OC(=O)NCCC(=O)NC(C)(C)C. The summed E-state index contributed by atoms with van der Waals surface area (Å²) in [6, 6.07) is 0. The highest BCUT2D eigenvalue weighted by molar-refractivity contribution is 5.77. The molecule has 0 aliphatic rings. The van der Waals surface area contributed by atoms with Crippen LogP contribution in [0, 0.1) is 0 Å². The average Bonchev–Trinajstić information content (AvgIpc) is 1.98. The molecule has 0 bridgehead atoms. The van der Waals surface area contributed by atoms with Gasteiger partial charge in [0.25, 0.3) is 0 Å². The Morgan fingerprint density at radius 3 is 2.25 bits per heavy atom. The molecular weight excluding hydrogens is 208 g/mol. The summed E-state index contributed by atoms with van der Waals surface area (Å²) in [5.74, 6) is -0.0858. The second kappa shape index (κ2) is 6.35. The van der Waals surface area contributed by atoms with Crippen molar-refractivity contribution in [3.8, 4) is 0 Å². The molecule has 0 aromatic rings. The van der Waals surface area contributed by atoms with E-state index in [0.717, 1.165) is 0 Å². The summed E-state index contributed by atoms with van der Waals surface area (Å²) in [5.41, 5.74) is -0.241. The van der Waals surface area contributed by atoms with Gasteiger partial charge >= 0.3 is 6.09 Å². The molecule has 0 saturated carbocycles. The molecule has 16 heavy (non-hydrogen) atoms. The molecule has 0 aliphatic heterocycles. The van der Waals surface area contributed by atoms with E-state index in [0.29, 0.717) is 0 Å². The maximum Gasteiger partial charge on any atom is 0.407 e. The molecule has 5 nitrogen and oxygen atoms in total. The van der Waals surface area contributed by atoms with E-state index in [9.17, 15) is 9.59 Å². The summed E-state index contributed by atoms with van der Waals surface area (Å²) in [4.78, 5) is 22.4. The highest BCUT2D eigenvalue weighted by atomic mass is 16.6. The topological polar surface area (TPSA) is 67.4 Å². The van der Waals surface area contributed by atoms with Gasteiger partial charge in [0.05, 0.1) is 6.10 Å². The summed E-state index contributed by atoms with van der Waals surface area (Å²) in [7, 11) is 0. The molecule has 0 aliphatic carbocycles. The van der Waals surface area contributed by atoms with E-state index in [1.54, 1.807) is 13.8 Å². The van der Waals surface area contributed by atoms with Gasteiger partial charge in [-0.25, -0.2) is 4.79 Å². The van der Waals surface area contributed by atoms with Gasteiger partial charge in [-0.3, -0.25) is 4.79 Å². The molecule has 0 fully saturated rings. The summed E-state index contributed by atoms with van der Waals surface area (Å²) in [5, 5.41) is 5.31. The molecule has 2 amide bonds. The third-order valence-corrected chi connectivity index (χ3v) is 1.48. The van der Waals surface area contributed by atoms with Crippen LogP contribution in [0.2, 0.25) is 0 Å². The quantitative estimate of drug-likeness (QED) is 0.767. The van der Waals surface area contributed by atoms with Crippen molar-refractivity contribution in [2.45, 2.75) is 52.7 Å². The normalized spacial score (nSPS) is 11.1. The van der Waals surface area contributed by atoms with Crippen LogP contribution in [0.5, 0.6) is 0 Å². The lowest BCUT2D eigenvalue weighted by molar-refractivity contribution is -0.122. The molecule has 5 heteroatoms. The van der Waals surface area contributed by atoms with Crippen LogP contribution >= 0.6 is 0 Å².